The van der Waals surface area contributed by atoms with Gasteiger partial charge >= 0.3 is 0 Å². The standard InChI is InChI=1S/C6H14ClN3/c7-10-9-6-3-1-2-5(8)4-6/h5-6,9-10H,1-4,8H2. The van der Waals surface area contributed by atoms with Crippen molar-refractivity contribution in [3.8, 4) is 0 Å². The second kappa shape index (κ2) is 4.13. The van der Waals surface area contributed by atoms with E-state index in [2.05, 4.69) is 10.4 Å². The Bertz CT molecular complexity index is 97.0. The maximum atomic E-state index is 5.74. The van der Waals surface area contributed by atoms with Crippen LogP contribution in [0.25, 0.3) is 0 Å². The van der Waals surface area contributed by atoms with Gasteiger partial charge in [0.25, 0.3) is 0 Å². The SMILES string of the molecule is NC1CCCC(NNCl)C1. The van der Waals surface area contributed by atoms with Crippen molar-refractivity contribution >= 4 is 11.8 Å². The molecule has 0 aromatic carbocycles. The molecule has 0 spiro atoms. The fourth-order valence-electron chi connectivity index (χ4n) is 1.44. The predicted octanol–water partition coefficient (Wildman–Crippen LogP) is 0.504. The Hall–Kier alpha value is 0.170. The smallest absolute Gasteiger partial charge is 0.0240 e. The molecular formula is C6H14ClN3. The van der Waals surface area contributed by atoms with Crippen LogP contribution in [0.2, 0.25) is 0 Å². The van der Waals surface area contributed by atoms with Gasteiger partial charge in [0, 0.05) is 12.1 Å². The summed E-state index contributed by atoms with van der Waals surface area (Å²) in [7, 11) is 0. The van der Waals surface area contributed by atoms with E-state index in [1.807, 2.05) is 0 Å². The lowest BCUT2D eigenvalue weighted by molar-refractivity contribution is 0.333. The van der Waals surface area contributed by atoms with Crippen LogP contribution in [0.3, 0.4) is 0 Å². The Labute approximate surface area is 66.4 Å². The number of rotatable bonds is 2. The van der Waals surface area contributed by atoms with Crippen molar-refractivity contribution in [2.24, 2.45) is 5.73 Å². The van der Waals surface area contributed by atoms with E-state index in [-0.39, 0.29) is 0 Å². The third-order valence-electron chi connectivity index (χ3n) is 1.97. The van der Waals surface area contributed by atoms with Crippen LogP contribution in [0.5, 0.6) is 0 Å². The normalized spacial score (nSPS) is 34.2. The maximum Gasteiger partial charge on any atom is 0.0240 e. The molecule has 1 aliphatic rings. The molecule has 3 nitrogen and oxygen atoms in total. The van der Waals surface area contributed by atoms with Crippen LogP contribution in [0, 0.1) is 0 Å². The number of nitrogens with one attached hydrogen (secondary N) is 2. The fraction of sp³-hybridized carbons (Fsp3) is 1.00. The molecule has 0 aromatic rings. The third kappa shape index (κ3) is 2.42. The summed E-state index contributed by atoms with van der Waals surface area (Å²) in [6.45, 7) is 0. The summed E-state index contributed by atoms with van der Waals surface area (Å²) in [4.78, 5) is 2.42. The average molecular weight is 164 g/mol. The molecule has 2 atom stereocenters. The molecule has 1 fully saturated rings. The van der Waals surface area contributed by atoms with Crippen LogP contribution in [0.15, 0.2) is 0 Å². The minimum absolute atomic E-state index is 0.358. The van der Waals surface area contributed by atoms with Gasteiger partial charge in [0.2, 0.25) is 0 Å². The van der Waals surface area contributed by atoms with Crippen molar-refractivity contribution in [3.05, 3.63) is 0 Å². The van der Waals surface area contributed by atoms with Crippen LogP contribution in [-0.4, -0.2) is 12.1 Å². The Morgan fingerprint density at radius 3 is 2.80 bits per heavy atom. The molecule has 0 aromatic heterocycles. The van der Waals surface area contributed by atoms with Crippen molar-refractivity contribution in [1.82, 2.24) is 10.4 Å². The van der Waals surface area contributed by atoms with Crippen molar-refractivity contribution in [2.45, 2.75) is 37.8 Å². The minimum Gasteiger partial charge on any atom is -0.328 e. The zero-order valence-corrected chi connectivity index (χ0v) is 6.69. The first-order chi connectivity index (χ1) is 4.83. The Kier molecular flexibility index (Phi) is 3.42. The van der Waals surface area contributed by atoms with Gasteiger partial charge in [-0.2, -0.15) is 4.94 Å². The van der Waals surface area contributed by atoms with Crippen molar-refractivity contribution in [3.63, 3.8) is 0 Å². The summed E-state index contributed by atoms with van der Waals surface area (Å²) in [5.41, 5.74) is 8.69. The number of hydrazine groups is 1. The molecule has 0 saturated heterocycles. The molecule has 1 aliphatic carbocycles. The first kappa shape index (κ1) is 8.27. The molecule has 10 heavy (non-hydrogen) atoms. The molecule has 4 heteroatoms. The van der Waals surface area contributed by atoms with E-state index in [1.54, 1.807) is 0 Å². The summed E-state index contributed by atoms with van der Waals surface area (Å²) < 4.78 is 0. The van der Waals surface area contributed by atoms with Crippen molar-refractivity contribution < 1.29 is 0 Å². The molecule has 2 unspecified atom stereocenters. The molecule has 0 bridgehead atoms. The predicted molar refractivity (Wildman–Crippen MR) is 42.4 cm³/mol. The van der Waals surface area contributed by atoms with Gasteiger partial charge in [-0.3, -0.25) is 0 Å². The summed E-state index contributed by atoms with van der Waals surface area (Å²) in [6.07, 6.45) is 4.56. The largest absolute Gasteiger partial charge is 0.328 e. The lowest BCUT2D eigenvalue weighted by atomic mass is 9.92. The van der Waals surface area contributed by atoms with Crippen molar-refractivity contribution in [2.75, 3.05) is 0 Å². The third-order valence-corrected chi connectivity index (χ3v) is 2.08. The van der Waals surface area contributed by atoms with E-state index in [0.29, 0.717) is 12.1 Å². The molecule has 0 aliphatic heterocycles. The van der Waals surface area contributed by atoms with Gasteiger partial charge < -0.3 is 5.73 Å². The summed E-state index contributed by atoms with van der Waals surface area (Å²) in [6, 6.07) is 0.817. The van der Waals surface area contributed by atoms with Crippen LogP contribution < -0.4 is 16.1 Å². The Morgan fingerprint density at radius 2 is 2.20 bits per heavy atom. The van der Waals surface area contributed by atoms with Gasteiger partial charge in [0.15, 0.2) is 0 Å². The highest BCUT2D eigenvalue weighted by molar-refractivity contribution is 6.13. The molecule has 0 amide bonds. The van der Waals surface area contributed by atoms with E-state index >= 15 is 0 Å². The molecule has 1 rings (SSSR count). The van der Waals surface area contributed by atoms with Crippen LogP contribution >= 0.6 is 11.8 Å². The fourth-order valence-corrected chi connectivity index (χ4v) is 1.59. The molecule has 60 valence electrons. The highest BCUT2D eigenvalue weighted by Gasteiger charge is 2.17. The van der Waals surface area contributed by atoms with Gasteiger partial charge in [-0.1, -0.05) is 6.42 Å². The highest BCUT2D eigenvalue weighted by Crippen LogP contribution is 2.16. The molecular weight excluding hydrogens is 150 g/mol. The molecule has 0 heterocycles. The molecule has 0 radical (unpaired) electrons. The van der Waals surface area contributed by atoms with Crippen LogP contribution in [0.4, 0.5) is 0 Å². The number of hydrogen-bond donors (Lipinski definition) is 3. The zero-order chi connectivity index (χ0) is 7.40. The Morgan fingerprint density at radius 1 is 1.40 bits per heavy atom. The van der Waals surface area contributed by atoms with Gasteiger partial charge in [-0.25, -0.2) is 5.43 Å². The minimum atomic E-state index is 0.358. The lowest BCUT2D eigenvalue weighted by Gasteiger charge is -2.26. The van der Waals surface area contributed by atoms with E-state index in [9.17, 15) is 0 Å². The number of hydrogen-bond acceptors (Lipinski definition) is 3. The van der Waals surface area contributed by atoms with E-state index in [0.717, 1.165) is 12.8 Å². The average Bonchev–Trinajstić information content (AvgIpc) is 1.88. The van der Waals surface area contributed by atoms with Gasteiger partial charge in [0.1, 0.15) is 0 Å². The Balaban J connectivity index is 2.18. The monoisotopic (exact) mass is 163 g/mol. The summed E-state index contributed by atoms with van der Waals surface area (Å²) in [5, 5.41) is 0. The maximum absolute atomic E-state index is 5.74. The zero-order valence-electron chi connectivity index (χ0n) is 5.94. The van der Waals surface area contributed by atoms with Crippen LogP contribution in [-0.2, 0) is 0 Å². The first-order valence-corrected chi connectivity index (χ1v) is 4.07. The number of nitrogens with two attached hydrogens (primary N) is 1. The highest BCUT2D eigenvalue weighted by atomic mass is 35.5. The van der Waals surface area contributed by atoms with Gasteiger partial charge in [0.05, 0.1) is 0 Å². The van der Waals surface area contributed by atoms with Gasteiger partial charge in [-0.05, 0) is 31.0 Å². The van der Waals surface area contributed by atoms with E-state index in [4.69, 9.17) is 17.5 Å². The van der Waals surface area contributed by atoms with Crippen molar-refractivity contribution in [1.29, 1.82) is 0 Å². The van der Waals surface area contributed by atoms with Crippen LogP contribution in [0.1, 0.15) is 25.7 Å². The topological polar surface area (TPSA) is 50.1 Å². The summed E-state index contributed by atoms with van der Waals surface area (Å²) >= 11 is 5.28. The second-order valence-electron chi connectivity index (χ2n) is 2.86. The van der Waals surface area contributed by atoms with E-state index in [1.165, 1.54) is 12.8 Å². The summed E-state index contributed by atoms with van der Waals surface area (Å²) in [5.74, 6) is 0. The van der Waals surface area contributed by atoms with E-state index < -0.39 is 0 Å². The second-order valence-corrected chi connectivity index (χ2v) is 3.05. The quantitative estimate of drug-likeness (QED) is 0.411. The number of halogens is 1. The lowest BCUT2D eigenvalue weighted by Crippen LogP contribution is -2.42. The molecule has 1 saturated carbocycles. The van der Waals surface area contributed by atoms with Gasteiger partial charge in [-0.15, -0.1) is 0 Å². The molecule has 4 N–H and O–H groups in total. The first-order valence-electron chi connectivity index (χ1n) is 3.69.